The number of nitrogens with zero attached hydrogens (tertiary/aromatic N) is 2. The number of methoxy groups -OCH3 is 1. The SMILES string of the molecule is COc1ccc2cc(-c3nn(-c4cc(Cl)cc(Cl)c4)cc3OC3/C=C\C/C(C(=O)NCCC(=O)O)=C\CC3)ccc2c1. The van der Waals surface area contributed by atoms with Crippen molar-refractivity contribution in [1.82, 2.24) is 15.1 Å². The number of carbonyl (C=O) groups excluding carboxylic acids is 1. The molecule has 1 aliphatic rings. The summed E-state index contributed by atoms with van der Waals surface area (Å²) < 4.78 is 13.6. The Hall–Kier alpha value is -4.27. The van der Waals surface area contributed by atoms with E-state index < -0.39 is 5.97 Å². The van der Waals surface area contributed by atoms with E-state index in [0.717, 1.165) is 22.1 Å². The average Bonchev–Trinajstić information content (AvgIpc) is 3.37. The lowest BCUT2D eigenvalue weighted by Gasteiger charge is -2.17. The van der Waals surface area contributed by atoms with Crippen molar-refractivity contribution in [1.29, 1.82) is 0 Å². The van der Waals surface area contributed by atoms with Crippen molar-refractivity contribution >= 4 is 45.9 Å². The molecule has 1 heterocycles. The summed E-state index contributed by atoms with van der Waals surface area (Å²) >= 11 is 12.6. The fourth-order valence-electron chi connectivity index (χ4n) is 4.74. The lowest BCUT2D eigenvalue weighted by molar-refractivity contribution is -0.136. The van der Waals surface area contributed by atoms with Gasteiger partial charge in [-0.05, 0) is 72.5 Å². The molecule has 0 spiro atoms. The molecular weight excluding hydrogens is 577 g/mol. The number of nitrogens with one attached hydrogen (secondary N) is 1. The van der Waals surface area contributed by atoms with Gasteiger partial charge in [0.25, 0.3) is 0 Å². The van der Waals surface area contributed by atoms with Crippen LogP contribution in [0.25, 0.3) is 27.7 Å². The summed E-state index contributed by atoms with van der Waals surface area (Å²) in [6.07, 6.45) is 8.83. The number of amides is 1. The van der Waals surface area contributed by atoms with E-state index >= 15 is 0 Å². The Morgan fingerprint density at radius 2 is 1.83 bits per heavy atom. The van der Waals surface area contributed by atoms with Gasteiger partial charge in [0.15, 0.2) is 5.75 Å². The van der Waals surface area contributed by atoms with Gasteiger partial charge in [0.2, 0.25) is 5.91 Å². The fraction of sp³-hybridized carbons (Fsp3) is 0.219. The number of aromatic nitrogens is 2. The number of fused-ring (bicyclic) bond motifs is 1. The first-order chi connectivity index (χ1) is 20.3. The highest BCUT2D eigenvalue weighted by Gasteiger charge is 2.19. The Morgan fingerprint density at radius 3 is 2.60 bits per heavy atom. The molecule has 4 aromatic rings. The number of carboxylic acid groups (broad SMARTS) is 1. The van der Waals surface area contributed by atoms with Crippen LogP contribution in [0.5, 0.6) is 11.5 Å². The number of halogens is 2. The first-order valence-electron chi connectivity index (χ1n) is 13.5. The molecule has 0 saturated heterocycles. The van der Waals surface area contributed by atoms with Crippen LogP contribution >= 0.6 is 23.2 Å². The van der Waals surface area contributed by atoms with Crippen LogP contribution < -0.4 is 14.8 Å². The van der Waals surface area contributed by atoms with Gasteiger partial charge in [0.1, 0.15) is 17.5 Å². The zero-order valence-corrected chi connectivity index (χ0v) is 24.4. The van der Waals surface area contributed by atoms with Crippen molar-refractivity contribution in [2.24, 2.45) is 0 Å². The Balaban J connectivity index is 1.41. The van der Waals surface area contributed by atoms with Crippen molar-refractivity contribution in [2.45, 2.75) is 31.8 Å². The smallest absolute Gasteiger partial charge is 0.305 e. The van der Waals surface area contributed by atoms with Gasteiger partial charge in [-0.15, -0.1) is 0 Å². The standard InChI is InChI=1S/C32H29Cl2N3O5/c1-41-28-11-10-21-14-23(9-8-22(21)15-28)31-29(19-37(36-31)26-17-24(33)16-25(34)18-26)42-27-6-2-4-20(5-3-7-27)32(40)35-13-12-30(38)39/h2,5-6,8-11,14-19,27H,3-4,7,12-13H2,1H3,(H,35,40)(H,38,39)/b6-2-,20-5+. The molecule has 5 rings (SSSR count). The van der Waals surface area contributed by atoms with Gasteiger partial charge in [-0.2, -0.15) is 5.10 Å². The monoisotopic (exact) mass is 605 g/mol. The Morgan fingerprint density at radius 1 is 1.07 bits per heavy atom. The van der Waals surface area contributed by atoms with Crippen LogP contribution in [0.1, 0.15) is 25.7 Å². The van der Waals surface area contributed by atoms with E-state index in [-0.39, 0.29) is 25.0 Å². The summed E-state index contributed by atoms with van der Waals surface area (Å²) in [5.41, 5.74) is 2.84. The topological polar surface area (TPSA) is 103 Å². The van der Waals surface area contributed by atoms with Crippen molar-refractivity contribution in [3.63, 3.8) is 0 Å². The number of hydrogen-bond donors (Lipinski definition) is 2. The molecule has 0 radical (unpaired) electrons. The predicted octanol–water partition coefficient (Wildman–Crippen LogP) is 7.01. The van der Waals surface area contributed by atoms with Crippen molar-refractivity contribution in [3.05, 3.63) is 94.6 Å². The zero-order chi connectivity index (χ0) is 29.6. The lowest BCUT2D eigenvalue weighted by Crippen LogP contribution is -2.27. The van der Waals surface area contributed by atoms with Crippen LogP contribution in [0.4, 0.5) is 0 Å². The molecule has 1 amide bonds. The number of benzene rings is 3. The quantitative estimate of drug-likeness (QED) is 0.199. The summed E-state index contributed by atoms with van der Waals surface area (Å²) in [7, 11) is 1.64. The van der Waals surface area contributed by atoms with Crippen LogP contribution in [0.2, 0.25) is 10.0 Å². The molecule has 1 unspecified atom stereocenters. The van der Waals surface area contributed by atoms with Gasteiger partial charge in [-0.3, -0.25) is 9.59 Å². The molecule has 1 aromatic heterocycles. The number of hydrogen-bond acceptors (Lipinski definition) is 5. The van der Waals surface area contributed by atoms with E-state index in [1.165, 1.54) is 0 Å². The van der Waals surface area contributed by atoms with Gasteiger partial charge < -0.3 is 19.9 Å². The molecule has 1 atom stereocenters. The largest absolute Gasteiger partial charge is 0.497 e. The number of carboxylic acids is 1. The zero-order valence-electron chi connectivity index (χ0n) is 22.8. The molecule has 0 saturated carbocycles. The third kappa shape index (κ3) is 7.13. The van der Waals surface area contributed by atoms with E-state index in [9.17, 15) is 9.59 Å². The van der Waals surface area contributed by atoms with Gasteiger partial charge in [-0.1, -0.05) is 53.6 Å². The third-order valence-electron chi connectivity index (χ3n) is 6.84. The summed E-state index contributed by atoms with van der Waals surface area (Å²) in [6.45, 7) is 0.0911. The average molecular weight is 607 g/mol. The molecule has 10 heteroatoms. The minimum atomic E-state index is -0.952. The second-order valence-corrected chi connectivity index (χ2v) is 10.7. The van der Waals surface area contributed by atoms with E-state index in [1.807, 2.05) is 54.8 Å². The fourth-order valence-corrected chi connectivity index (χ4v) is 5.25. The number of rotatable bonds is 9. The summed E-state index contributed by atoms with van der Waals surface area (Å²) in [4.78, 5) is 23.2. The molecule has 3 aromatic carbocycles. The van der Waals surface area contributed by atoms with Gasteiger partial charge >= 0.3 is 5.97 Å². The summed E-state index contributed by atoms with van der Waals surface area (Å²) in [6, 6.07) is 17.2. The second-order valence-electron chi connectivity index (χ2n) is 9.84. The van der Waals surface area contributed by atoms with Crippen LogP contribution in [-0.2, 0) is 9.59 Å². The van der Waals surface area contributed by atoms with Crippen LogP contribution in [-0.4, -0.2) is 46.5 Å². The molecule has 216 valence electrons. The van der Waals surface area contributed by atoms with E-state index in [4.69, 9.17) is 42.9 Å². The number of aliphatic carboxylic acids is 1. The van der Waals surface area contributed by atoms with Crippen molar-refractivity contribution < 1.29 is 24.2 Å². The Bertz CT molecular complexity index is 1670. The molecule has 0 fully saturated rings. The van der Waals surface area contributed by atoms with E-state index in [1.54, 1.807) is 30.0 Å². The minimum Gasteiger partial charge on any atom is -0.497 e. The molecule has 2 N–H and O–H groups in total. The van der Waals surface area contributed by atoms with E-state index in [0.29, 0.717) is 52.0 Å². The molecular formula is C32H29Cl2N3O5. The molecule has 1 aliphatic carbocycles. The first kappa shape index (κ1) is 29.2. The molecule has 8 nitrogen and oxygen atoms in total. The van der Waals surface area contributed by atoms with Crippen molar-refractivity contribution in [3.8, 4) is 28.4 Å². The molecule has 0 aliphatic heterocycles. The molecule has 0 bridgehead atoms. The maximum absolute atomic E-state index is 12.5. The normalized spacial score (nSPS) is 17.0. The highest BCUT2D eigenvalue weighted by atomic mass is 35.5. The van der Waals surface area contributed by atoms with Gasteiger partial charge in [0.05, 0.1) is 25.4 Å². The predicted molar refractivity (Wildman–Crippen MR) is 164 cm³/mol. The number of ether oxygens (including phenoxy) is 2. The van der Waals surface area contributed by atoms with Gasteiger partial charge in [-0.25, -0.2) is 4.68 Å². The Labute approximate surface area is 253 Å². The summed E-state index contributed by atoms with van der Waals surface area (Å²) in [5, 5.41) is 19.4. The van der Waals surface area contributed by atoms with Crippen LogP contribution in [0.3, 0.4) is 0 Å². The van der Waals surface area contributed by atoms with Crippen molar-refractivity contribution in [2.75, 3.05) is 13.7 Å². The van der Waals surface area contributed by atoms with Crippen LogP contribution in [0, 0.1) is 0 Å². The van der Waals surface area contributed by atoms with Gasteiger partial charge in [0, 0.05) is 27.7 Å². The highest BCUT2D eigenvalue weighted by Crippen LogP contribution is 2.35. The Kier molecular flexibility index (Phi) is 9.15. The summed E-state index contributed by atoms with van der Waals surface area (Å²) in [5.74, 6) is 0.169. The maximum atomic E-state index is 12.5. The maximum Gasteiger partial charge on any atom is 0.305 e. The van der Waals surface area contributed by atoms with E-state index in [2.05, 4.69) is 11.4 Å². The number of carbonyl (C=O) groups is 2. The molecule has 42 heavy (non-hydrogen) atoms. The lowest BCUT2D eigenvalue weighted by atomic mass is 10.0. The number of allylic oxidation sites excluding steroid dienone is 2. The second kappa shape index (κ2) is 13.1. The highest BCUT2D eigenvalue weighted by molar-refractivity contribution is 6.34. The van der Waals surface area contributed by atoms with Crippen LogP contribution in [0.15, 0.2) is 84.6 Å². The minimum absolute atomic E-state index is 0.0911. The third-order valence-corrected chi connectivity index (χ3v) is 7.27. The first-order valence-corrected chi connectivity index (χ1v) is 14.2.